The molecule has 0 aliphatic heterocycles. The van der Waals surface area contributed by atoms with E-state index in [1.165, 1.54) is 18.1 Å². The number of nitrogens with two attached hydrogens (primary N) is 2. The Hall–Kier alpha value is -2.82. The molecule has 0 saturated heterocycles. The van der Waals surface area contributed by atoms with Gasteiger partial charge < -0.3 is 9.90 Å². The summed E-state index contributed by atoms with van der Waals surface area (Å²) in [5.41, 5.74) is 14.2. The van der Waals surface area contributed by atoms with Crippen LogP contribution in [-0.2, 0) is 11.2 Å². The number of hydrogen-bond acceptors (Lipinski definition) is 2. The van der Waals surface area contributed by atoms with Crippen LogP contribution < -0.4 is 21.6 Å². The van der Waals surface area contributed by atoms with Crippen molar-refractivity contribution in [2.24, 2.45) is 11.5 Å². The molecule has 2 aromatic carbocycles. The van der Waals surface area contributed by atoms with Crippen molar-refractivity contribution in [2.45, 2.75) is 19.8 Å². The normalized spacial score (nSPS) is 9.32. The zero-order valence-electron chi connectivity index (χ0n) is 12.6. The maximum absolute atomic E-state index is 9.26. The van der Waals surface area contributed by atoms with Gasteiger partial charge in [0.05, 0.1) is 5.69 Å². The molecular weight excluding hydrogens is 278 g/mol. The number of guanidine groups is 1. The predicted molar refractivity (Wildman–Crippen MR) is 85.0 cm³/mol. The maximum Gasteiger partial charge on any atom is 0.343 e. The number of carboxylic acid groups (broad SMARTS) is 1. The first kappa shape index (κ1) is 17.2. The van der Waals surface area contributed by atoms with Gasteiger partial charge in [0.2, 0.25) is 0 Å². The number of hydrogen-bond donors (Lipinski definition) is 3. The zero-order chi connectivity index (χ0) is 16.4. The average Bonchev–Trinajstić information content (AvgIpc) is 2.48. The van der Waals surface area contributed by atoms with Crippen molar-refractivity contribution < 1.29 is 14.9 Å². The predicted octanol–water partition coefficient (Wildman–Crippen LogP) is -0.591. The molecule has 0 fully saturated rings. The molecule has 0 atom stereocenters. The van der Waals surface area contributed by atoms with E-state index in [4.69, 9.17) is 11.5 Å². The molecule has 22 heavy (non-hydrogen) atoms. The molecule has 0 unspecified atom stereocenters. The summed E-state index contributed by atoms with van der Waals surface area (Å²) in [6.07, 6.45) is 1.01. The zero-order valence-corrected chi connectivity index (χ0v) is 12.6. The highest BCUT2D eigenvalue weighted by molar-refractivity contribution is 5.70. The molecule has 0 aliphatic carbocycles. The van der Waals surface area contributed by atoms with Gasteiger partial charge in [-0.3, -0.25) is 11.5 Å². The third kappa shape index (κ3) is 7.09. The first-order valence-corrected chi connectivity index (χ1v) is 6.99. The maximum atomic E-state index is 9.26. The summed E-state index contributed by atoms with van der Waals surface area (Å²) in [4.78, 5) is 12.2. The number of carbonyl (C=O) groups excluding carboxylic acids is 1. The van der Waals surface area contributed by atoms with E-state index in [1.54, 1.807) is 0 Å². The van der Waals surface area contributed by atoms with Gasteiger partial charge in [-0.1, -0.05) is 49.4 Å². The summed E-state index contributed by atoms with van der Waals surface area (Å²) in [5.74, 6) is -0.785. The second-order valence-electron chi connectivity index (χ2n) is 4.67. The minimum absolute atomic E-state index is 0.111. The fourth-order valence-corrected chi connectivity index (χ4v) is 1.76. The Morgan fingerprint density at radius 3 is 2.18 bits per heavy atom. The van der Waals surface area contributed by atoms with Crippen LogP contribution in [0.5, 0.6) is 0 Å². The van der Waals surface area contributed by atoms with Gasteiger partial charge in [0.25, 0.3) is 0 Å². The largest absolute Gasteiger partial charge is 0.550 e. The highest BCUT2D eigenvalue weighted by Crippen LogP contribution is 2.11. The smallest absolute Gasteiger partial charge is 0.343 e. The number of carboxylic acids is 1. The van der Waals surface area contributed by atoms with Gasteiger partial charge in [0.15, 0.2) is 0 Å². The topological polar surface area (TPSA) is 106 Å². The second-order valence-corrected chi connectivity index (χ2v) is 4.67. The Balaban J connectivity index is 0.000000422. The van der Waals surface area contributed by atoms with E-state index < -0.39 is 5.97 Å². The highest BCUT2D eigenvalue weighted by Gasteiger charge is 1.98. The van der Waals surface area contributed by atoms with Crippen molar-refractivity contribution in [1.29, 1.82) is 0 Å². The van der Waals surface area contributed by atoms with Gasteiger partial charge >= 0.3 is 5.96 Å². The number of rotatable bonds is 4. The average molecular weight is 299 g/mol. The van der Waals surface area contributed by atoms with E-state index in [-0.39, 0.29) is 12.4 Å². The molecule has 2 rings (SSSR count). The summed E-state index contributed by atoms with van der Waals surface area (Å²) in [7, 11) is 0. The summed E-state index contributed by atoms with van der Waals surface area (Å²) in [5, 5.41) is 9.26. The van der Waals surface area contributed by atoms with Gasteiger partial charge in [-0.15, -0.1) is 0 Å². The Labute approximate surface area is 130 Å². The molecule has 0 heterocycles. The van der Waals surface area contributed by atoms with Crippen LogP contribution in [0, 0.1) is 0 Å². The van der Waals surface area contributed by atoms with Crippen molar-refractivity contribution in [3.05, 3.63) is 65.7 Å². The lowest BCUT2D eigenvalue weighted by Gasteiger charge is -2.02. The van der Waals surface area contributed by atoms with Gasteiger partial charge in [0, 0.05) is 5.97 Å². The van der Waals surface area contributed by atoms with E-state index >= 15 is 0 Å². The molecule has 2 aromatic rings. The van der Waals surface area contributed by atoms with Crippen LogP contribution in [0.3, 0.4) is 0 Å². The minimum atomic E-state index is -0.995. The molecule has 0 bridgehead atoms. The molecule has 0 aromatic heterocycles. The molecule has 5 heteroatoms. The van der Waals surface area contributed by atoms with Gasteiger partial charge in [-0.05, 0) is 36.1 Å². The van der Waals surface area contributed by atoms with Crippen LogP contribution in [-0.4, -0.2) is 11.9 Å². The lowest BCUT2D eigenvalue weighted by Crippen LogP contribution is -2.72. The van der Waals surface area contributed by atoms with Crippen molar-refractivity contribution in [3.8, 4) is 0 Å². The lowest BCUT2D eigenvalue weighted by molar-refractivity contribution is -0.356. The van der Waals surface area contributed by atoms with Crippen LogP contribution in [0.1, 0.15) is 24.5 Å². The van der Waals surface area contributed by atoms with E-state index in [0.717, 1.165) is 12.1 Å². The lowest BCUT2D eigenvalue weighted by atomic mass is 10.0. The van der Waals surface area contributed by atoms with Crippen molar-refractivity contribution in [2.75, 3.05) is 0 Å². The van der Waals surface area contributed by atoms with Crippen LogP contribution in [0.2, 0.25) is 0 Å². The molecule has 0 aliphatic rings. The molecule has 5 nitrogen and oxygen atoms in total. The fraction of sp³-hybridized carbons (Fsp3) is 0.176. The first-order valence-electron chi connectivity index (χ1n) is 6.99. The molecule has 116 valence electrons. The van der Waals surface area contributed by atoms with Crippen molar-refractivity contribution in [1.82, 2.24) is 0 Å². The molecule has 0 spiro atoms. The van der Waals surface area contributed by atoms with Gasteiger partial charge in [-0.2, -0.15) is 0 Å². The van der Waals surface area contributed by atoms with Crippen LogP contribution in [0.4, 0.5) is 5.69 Å². The van der Waals surface area contributed by atoms with Crippen LogP contribution in [0.25, 0.3) is 0 Å². The van der Waals surface area contributed by atoms with E-state index in [2.05, 4.69) is 23.2 Å². The fourth-order valence-electron chi connectivity index (χ4n) is 1.76. The SMILES string of the molecule is CCC(=O)[O-].NC(N)=[NH+]c1cccc(Cc2ccccc2)c1. The summed E-state index contributed by atoms with van der Waals surface area (Å²) in [6, 6.07) is 18.4. The highest BCUT2D eigenvalue weighted by atomic mass is 16.4. The molecule has 5 N–H and O–H groups in total. The Morgan fingerprint density at radius 1 is 1.05 bits per heavy atom. The third-order valence-corrected chi connectivity index (χ3v) is 2.76. The number of benzene rings is 2. The van der Waals surface area contributed by atoms with E-state index in [9.17, 15) is 9.90 Å². The Bertz CT molecular complexity index is 621. The standard InChI is InChI=1S/C14H15N3.C3H6O2/c15-14(16)17-13-8-4-7-12(10-13)9-11-5-2-1-3-6-11;1-2-3(4)5/h1-8,10H,9H2,(H4,15,16,17);2H2,1H3,(H,4,5). The number of nitrogens with one attached hydrogen (secondary N) is 1. The minimum Gasteiger partial charge on any atom is -0.550 e. The summed E-state index contributed by atoms with van der Waals surface area (Å²) < 4.78 is 0. The van der Waals surface area contributed by atoms with Gasteiger partial charge in [0.1, 0.15) is 0 Å². The first-order chi connectivity index (χ1) is 10.5. The number of carbonyl (C=O) groups is 1. The van der Waals surface area contributed by atoms with E-state index in [0.29, 0.717) is 0 Å². The number of aliphatic carboxylic acids is 1. The molecule has 0 saturated carbocycles. The summed E-state index contributed by atoms with van der Waals surface area (Å²) >= 11 is 0. The van der Waals surface area contributed by atoms with Crippen molar-refractivity contribution >= 4 is 17.6 Å². The van der Waals surface area contributed by atoms with Gasteiger partial charge in [-0.25, -0.2) is 4.99 Å². The quantitative estimate of drug-likeness (QED) is 0.518. The van der Waals surface area contributed by atoms with Crippen molar-refractivity contribution in [3.63, 3.8) is 0 Å². The molecule has 0 amide bonds. The molecule has 0 radical (unpaired) electrons. The van der Waals surface area contributed by atoms with Crippen LogP contribution in [0.15, 0.2) is 54.6 Å². The molecular formula is C17H21N3O2. The second kappa shape index (κ2) is 9.18. The van der Waals surface area contributed by atoms with Crippen LogP contribution >= 0.6 is 0 Å². The third-order valence-electron chi connectivity index (χ3n) is 2.76. The van der Waals surface area contributed by atoms with E-state index in [1.807, 2.05) is 36.4 Å². The summed E-state index contributed by atoms with van der Waals surface area (Å²) in [6.45, 7) is 1.54. The monoisotopic (exact) mass is 299 g/mol. The Kier molecular flexibility index (Phi) is 7.19. The Morgan fingerprint density at radius 2 is 1.64 bits per heavy atom.